The van der Waals surface area contributed by atoms with Crippen LogP contribution < -0.4 is 4.74 Å². The van der Waals surface area contributed by atoms with Crippen LogP contribution in [-0.4, -0.2) is 29.0 Å². The quantitative estimate of drug-likeness (QED) is 0.442. The number of fused-ring (bicyclic) bond motifs is 1. The molecule has 5 nitrogen and oxygen atoms in total. The number of esters is 1. The summed E-state index contributed by atoms with van der Waals surface area (Å²) in [5.74, 6) is 5.80. The van der Waals surface area contributed by atoms with Crippen molar-refractivity contribution in [3.05, 3.63) is 71.7 Å². The third-order valence-electron chi connectivity index (χ3n) is 5.16. The molecule has 4 rings (SSSR count). The Kier molecular flexibility index (Phi) is 5.91. The van der Waals surface area contributed by atoms with Gasteiger partial charge in [0.2, 0.25) is 0 Å². The summed E-state index contributed by atoms with van der Waals surface area (Å²) < 4.78 is 48.5. The smallest absolute Gasteiger partial charge is 0.469 e. The monoisotopic (exact) mass is 440 g/mol. The van der Waals surface area contributed by atoms with Crippen molar-refractivity contribution >= 4 is 5.97 Å². The molecule has 0 bridgehead atoms. The molecule has 0 saturated heterocycles. The average molecular weight is 440 g/mol. The average Bonchev–Trinajstić information content (AvgIpc) is 3.20. The van der Waals surface area contributed by atoms with E-state index < -0.39 is 6.36 Å². The molecule has 32 heavy (non-hydrogen) atoms. The highest BCUT2D eigenvalue weighted by Crippen LogP contribution is 2.27. The minimum Gasteiger partial charge on any atom is -0.469 e. The number of alkyl halides is 3. The van der Waals surface area contributed by atoms with Gasteiger partial charge in [-0.1, -0.05) is 36.1 Å². The first-order valence-corrected chi connectivity index (χ1v) is 9.93. The van der Waals surface area contributed by atoms with Gasteiger partial charge >= 0.3 is 12.3 Å². The van der Waals surface area contributed by atoms with Crippen LogP contribution >= 0.6 is 0 Å². The second kappa shape index (κ2) is 8.79. The minimum atomic E-state index is -4.78. The first-order valence-electron chi connectivity index (χ1n) is 9.93. The number of para-hydroxylation sites is 1. The molecule has 0 fully saturated rings. The maximum Gasteiger partial charge on any atom is 0.573 e. The van der Waals surface area contributed by atoms with Crippen molar-refractivity contribution < 1.29 is 27.4 Å². The second-order valence-electron chi connectivity index (χ2n) is 7.32. The largest absolute Gasteiger partial charge is 0.573 e. The van der Waals surface area contributed by atoms with E-state index in [4.69, 9.17) is 4.74 Å². The van der Waals surface area contributed by atoms with Crippen LogP contribution in [0.3, 0.4) is 0 Å². The van der Waals surface area contributed by atoms with E-state index >= 15 is 0 Å². The molecule has 2 heterocycles. The van der Waals surface area contributed by atoms with Crippen LogP contribution in [0, 0.1) is 17.8 Å². The zero-order valence-corrected chi connectivity index (χ0v) is 17.1. The standard InChI is InChI=1S/C24H19F3N2O3/c1-31-23(30)19-12-13-22-28-20(15-29(22)14-19)17-9-6-16(7-10-17)8-11-18-4-2-3-5-21(18)32-24(25,26)27/h2-7,9-10,15,19H,12-14H2,1H3. The number of aromatic nitrogens is 2. The Morgan fingerprint density at radius 2 is 1.88 bits per heavy atom. The number of methoxy groups -OCH3 is 1. The molecule has 1 unspecified atom stereocenters. The number of carbonyl (C=O) groups excluding carboxylic acids is 1. The first kappa shape index (κ1) is 21.5. The summed E-state index contributed by atoms with van der Waals surface area (Å²) in [7, 11) is 1.39. The van der Waals surface area contributed by atoms with Crippen LogP contribution in [0.5, 0.6) is 5.75 Å². The SMILES string of the molecule is COC(=O)C1CCc2nc(-c3ccc(C#Cc4ccccc4OC(F)(F)F)cc3)cn2C1. The lowest BCUT2D eigenvalue weighted by Crippen LogP contribution is -2.27. The third kappa shape index (κ3) is 4.94. The van der Waals surface area contributed by atoms with E-state index in [0.717, 1.165) is 17.1 Å². The summed E-state index contributed by atoms with van der Waals surface area (Å²) in [5.41, 5.74) is 2.46. The van der Waals surface area contributed by atoms with Gasteiger partial charge in [-0.3, -0.25) is 4.79 Å². The van der Waals surface area contributed by atoms with Gasteiger partial charge in [0.05, 0.1) is 24.3 Å². The molecule has 0 saturated carbocycles. The Labute approximate surface area is 182 Å². The molecule has 1 aliphatic heterocycles. The van der Waals surface area contributed by atoms with E-state index in [9.17, 15) is 18.0 Å². The number of halogens is 3. The van der Waals surface area contributed by atoms with Gasteiger partial charge in [-0.2, -0.15) is 0 Å². The molecule has 1 aromatic heterocycles. The van der Waals surface area contributed by atoms with Gasteiger partial charge in [0.1, 0.15) is 11.6 Å². The van der Waals surface area contributed by atoms with Crippen molar-refractivity contribution in [2.75, 3.05) is 7.11 Å². The van der Waals surface area contributed by atoms with E-state index in [-0.39, 0.29) is 23.2 Å². The Bertz CT molecular complexity index is 1190. The minimum absolute atomic E-state index is 0.149. The molecular weight excluding hydrogens is 421 g/mol. The molecule has 8 heteroatoms. The fraction of sp³-hybridized carbons (Fsp3) is 0.250. The molecule has 0 aliphatic carbocycles. The lowest BCUT2D eigenvalue weighted by Gasteiger charge is -2.21. The summed E-state index contributed by atoms with van der Waals surface area (Å²) in [6.45, 7) is 0.540. The number of aryl methyl sites for hydroxylation is 1. The summed E-state index contributed by atoms with van der Waals surface area (Å²) in [6, 6.07) is 13.0. The van der Waals surface area contributed by atoms with Gasteiger partial charge in [0.15, 0.2) is 0 Å². The normalized spacial score (nSPS) is 15.3. The molecule has 0 N–H and O–H groups in total. The summed E-state index contributed by atoms with van der Waals surface area (Å²) in [5, 5.41) is 0. The van der Waals surface area contributed by atoms with Crippen molar-refractivity contribution in [2.24, 2.45) is 5.92 Å². The van der Waals surface area contributed by atoms with Crippen LogP contribution in [0.4, 0.5) is 13.2 Å². The second-order valence-corrected chi connectivity index (χ2v) is 7.32. The van der Waals surface area contributed by atoms with Crippen LogP contribution in [0.2, 0.25) is 0 Å². The number of hydrogen-bond donors (Lipinski definition) is 0. The van der Waals surface area contributed by atoms with Gasteiger partial charge in [-0.15, -0.1) is 13.2 Å². The lowest BCUT2D eigenvalue weighted by atomic mass is 10.00. The van der Waals surface area contributed by atoms with Gasteiger partial charge in [-0.25, -0.2) is 4.98 Å². The van der Waals surface area contributed by atoms with Crippen LogP contribution in [-0.2, 0) is 22.5 Å². The van der Waals surface area contributed by atoms with Crippen molar-refractivity contribution in [1.29, 1.82) is 0 Å². The molecule has 164 valence electrons. The van der Waals surface area contributed by atoms with Crippen molar-refractivity contribution in [3.8, 4) is 28.8 Å². The van der Waals surface area contributed by atoms with E-state index in [2.05, 4.69) is 21.6 Å². The summed E-state index contributed by atoms with van der Waals surface area (Å²) in [4.78, 5) is 16.5. The zero-order valence-electron chi connectivity index (χ0n) is 17.1. The molecule has 0 radical (unpaired) electrons. The number of benzene rings is 2. The number of ether oxygens (including phenoxy) is 2. The van der Waals surface area contributed by atoms with E-state index in [1.807, 2.05) is 22.9 Å². The molecule has 1 aliphatic rings. The number of carbonyl (C=O) groups is 1. The molecule has 1 atom stereocenters. The predicted molar refractivity (Wildman–Crippen MR) is 111 cm³/mol. The van der Waals surface area contributed by atoms with Gasteiger partial charge < -0.3 is 14.0 Å². The van der Waals surface area contributed by atoms with Crippen molar-refractivity contribution in [3.63, 3.8) is 0 Å². The van der Waals surface area contributed by atoms with Crippen LogP contribution in [0.1, 0.15) is 23.4 Å². The molecule has 0 amide bonds. The highest BCUT2D eigenvalue weighted by atomic mass is 19.4. The van der Waals surface area contributed by atoms with Gasteiger partial charge in [-0.05, 0) is 30.7 Å². The number of nitrogens with zero attached hydrogens (tertiary/aromatic N) is 2. The third-order valence-corrected chi connectivity index (χ3v) is 5.16. The first-order chi connectivity index (χ1) is 15.3. The summed E-state index contributed by atoms with van der Waals surface area (Å²) in [6.07, 6.45) is -1.46. The molecule has 0 spiro atoms. The maximum absolute atomic E-state index is 12.6. The fourth-order valence-electron chi connectivity index (χ4n) is 3.59. The van der Waals surface area contributed by atoms with E-state index in [1.54, 1.807) is 18.2 Å². The Hall–Kier alpha value is -3.73. The Balaban J connectivity index is 1.51. The maximum atomic E-state index is 12.6. The predicted octanol–water partition coefficient (Wildman–Crippen LogP) is 4.58. The summed E-state index contributed by atoms with van der Waals surface area (Å²) >= 11 is 0. The van der Waals surface area contributed by atoms with Gasteiger partial charge in [0, 0.05) is 30.3 Å². The highest BCUT2D eigenvalue weighted by Gasteiger charge is 2.32. The topological polar surface area (TPSA) is 53.4 Å². The van der Waals surface area contributed by atoms with Crippen LogP contribution in [0.15, 0.2) is 54.7 Å². The zero-order chi connectivity index (χ0) is 22.7. The lowest BCUT2D eigenvalue weighted by molar-refractivity contribution is -0.274. The number of rotatable bonds is 3. The van der Waals surface area contributed by atoms with Crippen LogP contribution in [0.25, 0.3) is 11.3 Å². The van der Waals surface area contributed by atoms with Crippen molar-refractivity contribution in [2.45, 2.75) is 25.7 Å². The van der Waals surface area contributed by atoms with Crippen molar-refractivity contribution in [1.82, 2.24) is 9.55 Å². The number of hydrogen-bond acceptors (Lipinski definition) is 4. The number of imidazole rings is 1. The Morgan fingerprint density at radius 3 is 2.59 bits per heavy atom. The molecule has 2 aromatic carbocycles. The highest BCUT2D eigenvalue weighted by molar-refractivity contribution is 5.72. The van der Waals surface area contributed by atoms with E-state index in [0.29, 0.717) is 24.9 Å². The van der Waals surface area contributed by atoms with E-state index in [1.165, 1.54) is 25.3 Å². The Morgan fingerprint density at radius 1 is 1.12 bits per heavy atom. The fourth-order valence-corrected chi connectivity index (χ4v) is 3.59. The molecular formula is C24H19F3N2O3. The molecule has 3 aromatic rings. The van der Waals surface area contributed by atoms with Gasteiger partial charge in [0.25, 0.3) is 0 Å².